The summed E-state index contributed by atoms with van der Waals surface area (Å²) in [5.41, 5.74) is 12.9. The number of amides is 1. The molecule has 0 saturated heterocycles. The zero-order valence-electron chi connectivity index (χ0n) is 19.0. The van der Waals surface area contributed by atoms with Crippen molar-refractivity contribution in [1.82, 2.24) is 15.2 Å². The Morgan fingerprint density at radius 1 is 0.818 bits per heavy atom. The second-order valence-electron chi connectivity index (χ2n) is 8.24. The number of carbonyl (C=O) groups excluding carboxylic acids is 1. The number of nitrogens with two attached hydrogens (primary N) is 1. The normalized spacial score (nSPS) is 10.9. The van der Waals surface area contributed by atoms with E-state index in [0.29, 0.717) is 17.9 Å². The highest BCUT2D eigenvalue weighted by Gasteiger charge is 2.11. The molecule has 166 valence electrons. The van der Waals surface area contributed by atoms with Crippen LogP contribution < -0.4 is 11.1 Å². The summed E-state index contributed by atoms with van der Waals surface area (Å²) in [6, 6.07) is 28.2. The van der Waals surface area contributed by atoms with E-state index >= 15 is 0 Å². The number of nitrogen functional groups attached to an aromatic ring is 1. The minimum Gasteiger partial charge on any atom is -0.383 e. The molecule has 5 heteroatoms. The number of carbonyl (C=O) groups is 1. The zero-order valence-corrected chi connectivity index (χ0v) is 19.0. The molecule has 4 rings (SSSR count). The summed E-state index contributed by atoms with van der Waals surface area (Å²) >= 11 is 0. The van der Waals surface area contributed by atoms with Crippen LogP contribution >= 0.6 is 0 Å². The second-order valence-corrected chi connectivity index (χ2v) is 8.24. The van der Waals surface area contributed by atoms with Gasteiger partial charge < -0.3 is 16.0 Å². The average Bonchev–Trinajstić information content (AvgIpc) is 2.85. The highest BCUT2D eigenvalue weighted by molar-refractivity contribution is 5.95. The lowest BCUT2D eigenvalue weighted by Crippen LogP contribution is -2.31. The Bertz CT molecular complexity index is 1230. The minimum absolute atomic E-state index is 0.0844. The SMILES string of the molecule is CN(C)CCNC(=O)c1cccc(-c2cnc(N)c(-c3ccc(-c4ccccc4)cc3)c2)c1. The molecule has 0 fully saturated rings. The topological polar surface area (TPSA) is 71.2 Å². The maximum absolute atomic E-state index is 12.5. The molecule has 0 unspecified atom stereocenters. The number of benzene rings is 3. The molecule has 1 amide bonds. The number of hydrogen-bond donors (Lipinski definition) is 2. The van der Waals surface area contributed by atoms with Gasteiger partial charge in [0.25, 0.3) is 5.91 Å². The van der Waals surface area contributed by atoms with Crippen LogP contribution in [-0.4, -0.2) is 43.0 Å². The van der Waals surface area contributed by atoms with Crippen LogP contribution in [0.1, 0.15) is 10.4 Å². The Kier molecular flexibility index (Phi) is 6.81. The molecule has 3 aromatic carbocycles. The first kappa shape index (κ1) is 22.2. The van der Waals surface area contributed by atoms with Crippen molar-refractivity contribution in [3.05, 3.63) is 96.7 Å². The van der Waals surface area contributed by atoms with Crippen molar-refractivity contribution in [2.24, 2.45) is 0 Å². The van der Waals surface area contributed by atoms with E-state index in [1.807, 2.05) is 67.5 Å². The molecule has 4 aromatic rings. The van der Waals surface area contributed by atoms with E-state index in [4.69, 9.17) is 5.73 Å². The van der Waals surface area contributed by atoms with E-state index in [9.17, 15) is 4.79 Å². The van der Waals surface area contributed by atoms with Crippen molar-refractivity contribution in [2.75, 3.05) is 32.9 Å². The fourth-order valence-corrected chi connectivity index (χ4v) is 3.67. The van der Waals surface area contributed by atoms with Gasteiger partial charge in [0.2, 0.25) is 0 Å². The summed E-state index contributed by atoms with van der Waals surface area (Å²) in [6.45, 7) is 1.39. The number of likely N-dealkylation sites (N-methyl/N-ethyl adjacent to an activating group) is 1. The van der Waals surface area contributed by atoms with Crippen molar-refractivity contribution in [3.8, 4) is 33.4 Å². The van der Waals surface area contributed by atoms with Crippen molar-refractivity contribution in [1.29, 1.82) is 0 Å². The third-order valence-corrected chi connectivity index (χ3v) is 5.52. The molecule has 1 heterocycles. The molecule has 33 heavy (non-hydrogen) atoms. The Labute approximate surface area is 194 Å². The molecule has 0 atom stereocenters. The largest absolute Gasteiger partial charge is 0.383 e. The van der Waals surface area contributed by atoms with Crippen molar-refractivity contribution < 1.29 is 4.79 Å². The highest BCUT2D eigenvalue weighted by Crippen LogP contribution is 2.31. The predicted octanol–water partition coefficient (Wildman–Crippen LogP) is 4.96. The number of rotatable bonds is 7. The summed E-state index contributed by atoms with van der Waals surface area (Å²) < 4.78 is 0. The number of nitrogens with one attached hydrogen (secondary N) is 1. The maximum atomic E-state index is 12.5. The van der Waals surface area contributed by atoms with E-state index in [2.05, 4.69) is 46.7 Å². The van der Waals surface area contributed by atoms with Crippen LogP contribution in [-0.2, 0) is 0 Å². The van der Waals surface area contributed by atoms with Gasteiger partial charge in [0, 0.05) is 36.0 Å². The van der Waals surface area contributed by atoms with Crippen LogP contribution in [0.5, 0.6) is 0 Å². The van der Waals surface area contributed by atoms with E-state index in [0.717, 1.165) is 34.4 Å². The third kappa shape index (κ3) is 5.45. The van der Waals surface area contributed by atoms with E-state index in [-0.39, 0.29) is 5.91 Å². The van der Waals surface area contributed by atoms with Crippen LogP contribution in [0.25, 0.3) is 33.4 Å². The first-order valence-corrected chi connectivity index (χ1v) is 11.0. The summed E-state index contributed by atoms with van der Waals surface area (Å²) in [4.78, 5) is 19.0. The standard InChI is InChI=1S/C28H28N4O/c1-32(2)16-15-30-28(33)24-10-6-9-23(17-24)25-18-26(27(29)31-19-25)22-13-11-21(12-14-22)20-7-4-3-5-8-20/h3-14,17-19H,15-16H2,1-2H3,(H2,29,31)(H,30,33). The average molecular weight is 437 g/mol. The summed E-state index contributed by atoms with van der Waals surface area (Å²) in [7, 11) is 3.96. The first-order chi connectivity index (χ1) is 16.0. The molecule has 3 N–H and O–H groups in total. The lowest BCUT2D eigenvalue weighted by atomic mass is 9.97. The van der Waals surface area contributed by atoms with E-state index in [1.165, 1.54) is 5.56 Å². The second kappa shape index (κ2) is 10.1. The van der Waals surface area contributed by atoms with Gasteiger partial charge in [-0.3, -0.25) is 4.79 Å². The number of nitrogens with zero attached hydrogens (tertiary/aromatic N) is 2. The van der Waals surface area contributed by atoms with Crippen molar-refractivity contribution in [3.63, 3.8) is 0 Å². The molecular weight excluding hydrogens is 408 g/mol. The lowest BCUT2D eigenvalue weighted by Gasteiger charge is -2.12. The predicted molar refractivity (Wildman–Crippen MR) is 136 cm³/mol. The molecule has 0 aliphatic heterocycles. The van der Waals surface area contributed by atoms with Gasteiger partial charge in [-0.15, -0.1) is 0 Å². The van der Waals surface area contributed by atoms with E-state index < -0.39 is 0 Å². The Morgan fingerprint density at radius 3 is 2.21 bits per heavy atom. The quantitative estimate of drug-likeness (QED) is 0.430. The monoisotopic (exact) mass is 436 g/mol. The maximum Gasteiger partial charge on any atom is 0.251 e. The lowest BCUT2D eigenvalue weighted by molar-refractivity contribution is 0.0951. The molecule has 5 nitrogen and oxygen atoms in total. The number of anilines is 1. The fraction of sp³-hybridized carbons (Fsp3) is 0.143. The van der Waals surface area contributed by atoms with Gasteiger partial charge in [0.05, 0.1) is 0 Å². The molecular formula is C28H28N4O. The van der Waals surface area contributed by atoms with Gasteiger partial charge in [0.15, 0.2) is 0 Å². The van der Waals surface area contributed by atoms with Gasteiger partial charge in [0.1, 0.15) is 5.82 Å². The van der Waals surface area contributed by atoms with Gasteiger partial charge in [-0.2, -0.15) is 0 Å². The van der Waals surface area contributed by atoms with Crippen LogP contribution in [0.15, 0.2) is 91.1 Å². The van der Waals surface area contributed by atoms with Gasteiger partial charge >= 0.3 is 0 Å². The zero-order chi connectivity index (χ0) is 23.2. The van der Waals surface area contributed by atoms with Gasteiger partial charge in [-0.05, 0) is 54.5 Å². The number of pyridine rings is 1. The smallest absolute Gasteiger partial charge is 0.251 e. The van der Waals surface area contributed by atoms with Crippen LogP contribution in [0.4, 0.5) is 5.82 Å². The third-order valence-electron chi connectivity index (χ3n) is 5.52. The molecule has 0 bridgehead atoms. The minimum atomic E-state index is -0.0844. The fourth-order valence-electron chi connectivity index (χ4n) is 3.67. The first-order valence-electron chi connectivity index (χ1n) is 11.0. The van der Waals surface area contributed by atoms with Crippen LogP contribution in [0.3, 0.4) is 0 Å². The molecule has 0 aliphatic rings. The highest BCUT2D eigenvalue weighted by atomic mass is 16.1. The number of hydrogen-bond acceptors (Lipinski definition) is 4. The van der Waals surface area contributed by atoms with Crippen molar-refractivity contribution >= 4 is 11.7 Å². The van der Waals surface area contributed by atoms with Gasteiger partial charge in [-0.25, -0.2) is 4.98 Å². The Morgan fingerprint density at radius 2 is 1.48 bits per heavy atom. The molecule has 0 spiro atoms. The Hall–Kier alpha value is -3.96. The molecule has 0 radical (unpaired) electrons. The summed E-state index contributed by atoms with van der Waals surface area (Å²) in [6.07, 6.45) is 1.75. The molecule has 1 aromatic heterocycles. The summed E-state index contributed by atoms with van der Waals surface area (Å²) in [5.74, 6) is 0.391. The van der Waals surface area contributed by atoms with Gasteiger partial charge in [-0.1, -0.05) is 66.7 Å². The summed E-state index contributed by atoms with van der Waals surface area (Å²) in [5, 5.41) is 2.96. The molecule has 0 aliphatic carbocycles. The van der Waals surface area contributed by atoms with Crippen LogP contribution in [0.2, 0.25) is 0 Å². The molecule has 0 saturated carbocycles. The van der Waals surface area contributed by atoms with E-state index in [1.54, 1.807) is 6.20 Å². The van der Waals surface area contributed by atoms with Crippen LogP contribution in [0, 0.1) is 0 Å². The number of aromatic nitrogens is 1. The Balaban J connectivity index is 1.58. The van der Waals surface area contributed by atoms with Crippen molar-refractivity contribution in [2.45, 2.75) is 0 Å².